The van der Waals surface area contributed by atoms with Gasteiger partial charge in [-0.2, -0.15) is 11.3 Å². The van der Waals surface area contributed by atoms with E-state index in [1.165, 1.54) is 5.56 Å². The van der Waals surface area contributed by atoms with Gasteiger partial charge < -0.3 is 5.73 Å². The van der Waals surface area contributed by atoms with Crippen LogP contribution < -0.4 is 5.73 Å². The van der Waals surface area contributed by atoms with Crippen LogP contribution in [0.3, 0.4) is 0 Å². The van der Waals surface area contributed by atoms with Gasteiger partial charge in [0.1, 0.15) is 0 Å². The zero-order valence-corrected chi connectivity index (χ0v) is 10.7. The molecule has 0 radical (unpaired) electrons. The van der Waals surface area contributed by atoms with E-state index in [1.54, 1.807) is 11.3 Å². The molecule has 0 amide bonds. The summed E-state index contributed by atoms with van der Waals surface area (Å²) in [7, 11) is 2.09. The maximum atomic E-state index is 5.86. The highest BCUT2D eigenvalue weighted by atomic mass is 32.1. The molecule has 0 fully saturated rings. The first-order valence-electron chi connectivity index (χ1n) is 5.63. The van der Waals surface area contributed by atoms with E-state index in [4.69, 9.17) is 5.73 Å². The number of thiophene rings is 1. The molecule has 0 aliphatic heterocycles. The first-order valence-corrected chi connectivity index (χ1v) is 6.58. The zero-order chi connectivity index (χ0) is 12.1. The Labute approximate surface area is 106 Å². The van der Waals surface area contributed by atoms with Crippen LogP contribution in [0, 0.1) is 0 Å². The summed E-state index contributed by atoms with van der Waals surface area (Å²) in [6.07, 6.45) is 1.82. The molecule has 90 valence electrons. The smallest absolute Gasteiger partial charge is 0.0644 e. The fraction of sp³-hybridized carbons (Fsp3) is 0.308. The second-order valence-electron chi connectivity index (χ2n) is 4.05. The third-order valence-corrected chi connectivity index (χ3v) is 3.53. The highest BCUT2D eigenvalue weighted by molar-refractivity contribution is 7.07. The maximum absolute atomic E-state index is 5.86. The normalized spacial score (nSPS) is 12.9. The lowest BCUT2D eigenvalue weighted by Gasteiger charge is -2.26. The van der Waals surface area contributed by atoms with Gasteiger partial charge in [-0.1, -0.05) is 6.07 Å². The molecule has 2 N–H and O–H groups in total. The highest BCUT2D eigenvalue weighted by Gasteiger charge is 2.16. The van der Waals surface area contributed by atoms with Crippen molar-refractivity contribution in [3.8, 4) is 0 Å². The van der Waals surface area contributed by atoms with Crippen molar-refractivity contribution in [1.29, 1.82) is 0 Å². The second-order valence-corrected chi connectivity index (χ2v) is 4.83. The Morgan fingerprint density at radius 3 is 2.88 bits per heavy atom. The van der Waals surface area contributed by atoms with Crippen LogP contribution >= 0.6 is 11.3 Å². The molecule has 0 saturated heterocycles. The SMILES string of the molecule is CN(Cc1ccsc1)C(CN)c1ccccn1. The Morgan fingerprint density at radius 2 is 2.29 bits per heavy atom. The first-order chi connectivity index (χ1) is 8.31. The Balaban J connectivity index is 2.08. The van der Waals surface area contributed by atoms with E-state index in [9.17, 15) is 0 Å². The van der Waals surface area contributed by atoms with Gasteiger partial charge in [-0.25, -0.2) is 0 Å². The summed E-state index contributed by atoms with van der Waals surface area (Å²) in [4.78, 5) is 6.62. The van der Waals surface area contributed by atoms with Gasteiger partial charge in [-0.05, 0) is 41.6 Å². The van der Waals surface area contributed by atoms with Gasteiger partial charge in [0.25, 0.3) is 0 Å². The standard InChI is InChI=1S/C13H17N3S/c1-16(9-11-5-7-17-10-11)13(8-14)12-4-2-3-6-15-12/h2-7,10,13H,8-9,14H2,1H3. The minimum Gasteiger partial charge on any atom is -0.329 e. The lowest BCUT2D eigenvalue weighted by molar-refractivity contribution is 0.237. The summed E-state index contributed by atoms with van der Waals surface area (Å²) in [6.45, 7) is 1.49. The van der Waals surface area contributed by atoms with Gasteiger partial charge in [-0.3, -0.25) is 9.88 Å². The molecule has 2 aromatic rings. The molecule has 0 aromatic carbocycles. The number of nitrogens with two attached hydrogens (primary N) is 1. The minimum atomic E-state index is 0.177. The van der Waals surface area contributed by atoms with Crippen LogP contribution in [-0.2, 0) is 6.54 Å². The van der Waals surface area contributed by atoms with Crippen LogP contribution in [-0.4, -0.2) is 23.5 Å². The van der Waals surface area contributed by atoms with Crippen molar-refractivity contribution in [3.63, 3.8) is 0 Å². The number of rotatable bonds is 5. The average Bonchev–Trinajstić information content (AvgIpc) is 2.84. The summed E-state index contributed by atoms with van der Waals surface area (Å²) >= 11 is 1.72. The van der Waals surface area contributed by atoms with Crippen molar-refractivity contribution in [2.75, 3.05) is 13.6 Å². The Kier molecular flexibility index (Phi) is 4.25. The van der Waals surface area contributed by atoms with Gasteiger partial charge in [-0.15, -0.1) is 0 Å². The number of hydrogen-bond donors (Lipinski definition) is 1. The number of likely N-dealkylation sites (N-methyl/N-ethyl adjacent to an activating group) is 1. The predicted octanol–water partition coefficient (Wildman–Crippen LogP) is 2.27. The van der Waals surface area contributed by atoms with Crippen LogP contribution in [0.1, 0.15) is 17.3 Å². The number of aromatic nitrogens is 1. The summed E-state index contributed by atoms with van der Waals surface area (Å²) in [5, 5.41) is 4.27. The number of hydrogen-bond acceptors (Lipinski definition) is 4. The van der Waals surface area contributed by atoms with Crippen LogP contribution in [0.4, 0.5) is 0 Å². The molecule has 17 heavy (non-hydrogen) atoms. The summed E-state index contributed by atoms with van der Waals surface area (Å²) in [5.41, 5.74) is 8.22. The molecule has 0 saturated carbocycles. The lowest BCUT2D eigenvalue weighted by atomic mass is 10.1. The molecule has 3 nitrogen and oxygen atoms in total. The van der Waals surface area contributed by atoms with Crippen LogP contribution in [0.15, 0.2) is 41.2 Å². The largest absolute Gasteiger partial charge is 0.329 e. The molecule has 4 heteroatoms. The molecule has 2 rings (SSSR count). The fourth-order valence-corrected chi connectivity index (χ4v) is 2.54. The topological polar surface area (TPSA) is 42.1 Å². The van der Waals surface area contributed by atoms with E-state index in [1.807, 2.05) is 24.4 Å². The molecular weight excluding hydrogens is 230 g/mol. The molecule has 2 heterocycles. The summed E-state index contributed by atoms with van der Waals surface area (Å²) < 4.78 is 0. The molecule has 0 spiro atoms. The molecular formula is C13H17N3S. The highest BCUT2D eigenvalue weighted by Crippen LogP contribution is 2.19. The molecule has 1 atom stereocenters. The average molecular weight is 247 g/mol. The third-order valence-electron chi connectivity index (χ3n) is 2.80. The summed E-state index contributed by atoms with van der Waals surface area (Å²) in [5.74, 6) is 0. The Hall–Kier alpha value is -1.23. The van der Waals surface area contributed by atoms with Gasteiger partial charge in [0.05, 0.1) is 11.7 Å². The monoisotopic (exact) mass is 247 g/mol. The molecule has 0 aliphatic rings. The molecule has 0 aliphatic carbocycles. The zero-order valence-electron chi connectivity index (χ0n) is 9.91. The Bertz CT molecular complexity index is 427. The lowest BCUT2D eigenvalue weighted by Crippen LogP contribution is -2.30. The Morgan fingerprint density at radius 1 is 1.41 bits per heavy atom. The van der Waals surface area contributed by atoms with Crippen LogP contribution in [0.2, 0.25) is 0 Å². The van der Waals surface area contributed by atoms with Crippen LogP contribution in [0.25, 0.3) is 0 Å². The van der Waals surface area contributed by atoms with E-state index >= 15 is 0 Å². The number of nitrogens with zero attached hydrogens (tertiary/aromatic N) is 2. The van der Waals surface area contributed by atoms with E-state index < -0.39 is 0 Å². The van der Waals surface area contributed by atoms with E-state index in [0.717, 1.165) is 12.2 Å². The minimum absolute atomic E-state index is 0.177. The number of pyridine rings is 1. The first kappa shape index (κ1) is 12.2. The molecule has 2 aromatic heterocycles. The second kappa shape index (κ2) is 5.91. The van der Waals surface area contributed by atoms with Crippen LogP contribution in [0.5, 0.6) is 0 Å². The predicted molar refractivity (Wildman–Crippen MR) is 71.8 cm³/mol. The van der Waals surface area contributed by atoms with Gasteiger partial charge in [0, 0.05) is 19.3 Å². The van der Waals surface area contributed by atoms with Crippen molar-refractivity contribution in [3.05, 3.63) is 52.5 Å². The van der Waals surface area contributed by atoms with E-state index in [0.29, 0.717) is 6.54 Å². The maximum Gasteiger partial charge on any atom is 0.0644 e. The molecule has 0 bridgehead atoms. The summed E-state index contributed by atoms with van der Waals surface area (Å²) in [6, 6.07) is 8.28. The van der Waals surface area contributed by atoms with E-state index in [2.05, 4.69) is 33.8 Å². The van der Waals surface area contributed by atoms with Gasteiger partial charge >= 0.3 is 0 Å². The fourth-order valence-electron chi connectivity index (χ4n) is 1.88. The van der Waals surface area contributed by atoms with Crippen molar-refractivity contribution in [2.45, 2.75) is 12.6 Å². The van der Waals surface area contributed by atoms with Crippen molar-refractivity contribution >= 4 is 11.3 Å². The third kappa shape index (κ3) is 3.12. The van der Waals surface area contributed by atoms with Gasteiger partial charge in [0.15, 0.2) is 0 Å². The van der Waals surface area contributed by atoms with Crippen molar-refractivity contribution in [1.82, 2.24) is 9.88 Å². The van der Waals surface area contributed by atoms with E-state index in [-0.39, 0.29) is 6.04 Å². The quantitative estimate of drug-likeness (QED) is 0.881. The van der Waals surface area contributed by atoms with Crippen molar-refractivity contribution in [2.24, 2.45) is 5.73 Å². The van der Waals surface area contributed by atoms with Crippen molar-refractivity contribution < 1.29 is 0 Å². The molecule has 1 unspecified atom stereocenters. The van der Waals surface area contributed by atoms with Gasteiger partial charge in [0.2, 0.25) is 0 Å².